The van der Waals surface area contributed by atoms with Gasteiger partial charge in [0.15, 0.2) is 0 Å². The molecule has 25 heavy (non-hydrogen) atoms. The molecule has 0 fully saturated rings. The molecule has 0 aromatic heterocycles. The summed E-state index contributed by atoms with van der Waals surface area (Å²) >= 11 is 0. The van der Waals surface area contributed by atoms with Crippen molar-refractivity contribution in [1.29, 1.82) is 0 Å². The van der Waals surface area contributed by atoms with E-state index in [2.05, 4.69) is 47.8 Å². The molecule has 3 heteroatoms. The zero-order valence-corrected chi connectivity index (χ0v) is 14.4. The van der Waals surface area contributed by atoms with E-state index in [-0.39, 0.29) is 6.61 Å². The molecule has 2 N–H and O–H groups in total. The molecule has 0 aliphatic rings. The highest BCUT2D eigenvalue weighted by Crippen LogP contribution is 2.41. The lowest BCUT2D eigenvalue weighted by Gasteiger charge is -2.19. The number of methoxy groups -OCH3 is 1. The van der Waals surface area contributed by atoms with Gasteiger partial charge in [-0.3, -0.25) is 0 Å². The molecule has 0 bridgehead atoms. The molecule has 3 aromatic carbocycles. The van der Waals surface area contributed by atoms with Gasteiger partial charge in [0.05, 0.1) is 13.7 Å². The number of rotatable bonds is 7. The Bertz CT molecular complexity index is 801. The Balaban J connectivity index is 2.21. The number of hydrogen-bond acceptors (Lipinski definition) is 3. The lowest BCUT2D eigenvalue weighted by atomic mass is 9.89. The summed E-state index contributed by atoms with van der Waals surface area (Å²) in [5.74, 6) is 0.857. The van der Waals surface area contributed by atoms with Crippen LogP contribution in [0.1, 0.15) is 5.56 Å². The van der Waals surface area contributed by atoms with Crippen LogP contribution in [0, 0.1) is 0 Å². The van der Waals surface area contributed by atoms with Crippen molar-refractivity contribution < 1.29 is 9.84 Å². The van der Waals surface area contributed by atoms with E-state index in [0.29, 0.717) is 13.1 Å². The smallest absolute Gasteiger partial charge is 0.127 e. The van der Waals surface area contributed by atoms with Crippen LogP contribution in [0.15, 0.2) is 72.8 Å². The molecule has 3 aromatic rings. The minimum absolute atomic E-state index is 0.127. The summed E-state index contributed by atoms with van der Waals surface area (Å²) in [6.45, 7) is 1.39. The molecule has 0 aliphatic carbocycles. The second-order valence-electron chi connectivity index (χ2n) is 5.81. The highest BCUT2D eigenvalue weighted by atomic mass is 16.5. The summed E-state index contributed by atoms with van der Waals surface area (Å²) in [6.07, 6.45) is 0. The summed E-state index contributed by atoms with van der Waals surface area (Å²) in [5, 5.41) is 12.3. The first-order valence-corrected chi connectivity index (χ1v) is 8.47. The van der Waals surface area contributed by atoms with E-state index < -0.39 is 0 Å². The predicted molar refractivity (Wildman–Crippen MR) is 103 cm³/mol. The first-order chi connectivity index (χ1) is 12.3. The van der Waals surface area contributed by atoms with Crippen LogP contribution in [0.3, 0.4) is 0 Å². The molecule has 0 unspecified atom stereocenters. The number of ether oxygens (including phenoxy) is 1. The highest BCUT2D eigenvalue weighted by molar-refractivity contribution is 5.89. The maximum atomic E-state index is 9.06. The summed E-state index contributed by atoms with van der Waals surface area (Å²) in [6, 6.07) is 24.8. The lowest BCUT2D eigenvalue weighted by molar-refractivity contribution is 0.292. The molecule has 3 rings (SSSR count). The van der Waals surface area contributed by atoms with Gasteiger partial charge in [-0.1, -0.05) is 66.7 Å². The molecule has 0 atom stereocenters. The van der Waals surface area contributed by atoms with Crippen LogP contribution in [0.4, 0.5) is 0 Å². The van der Waals surface area contributed by atoms with Gasteiger partial charge in [0.2, 0.25) is 0 Å². The van der Waals surface area contributed by atoms with Gasteiger partial charge in [-0.05, 0) is 28.3 Å². The molecule has 0 radical (unpaired) electrons. The van der Waals surface area contributed by atoms with E-state index in [4.69, 9.17) is 9.84 Å². The fourth-order valence-electron chi connectivity index (χ4n) is 3.07. The first kappa shape index (κ1) is 17.2. The van der Waals surface area contributed by atoms with E-state index in [1.54, 1.807) is 7.11 Å². The Morgan fingerprint density at radius 1 is 0.800 bits per heavy atom. The maximum Gasteiger partial charge on any atom is 0.127 e. The second kappa shape index (κ2) is 8.47. The van der Waals surface area contributed by atoms with Gasteiger partial charge < -0.3 is 15.2 Å². The van der Waals surface area contributed by atoms with E-state index in [1.807, 2.05) is 30.3 Å². The standard InChI is InChI=1S/C22H23NO2/c1-25-20-13-12-19(16-23-14-15-24)21(17-8-4-2-5-9-17)22(20)18-10-6-3-7-11-18/h2-13,23-24H,14-16H2,1H3. The van der Waals surface area contributed by atoms with Crippen LogP contribution in [-0.4, -0.2) is 25.4 Å². The molecule has 0 saturated heterocycles. The zero-order chi connectivity index (χ0) is 17.5. The van der Waals surface area contributed by atoms with Crippen molar-refractivity contribution in [2.75, 3.05) is 20.3 Å². The summed E-state index contributed by atoms with van der Waals surface area (Å²) in [4.78, 5) is 0. The minimum Gasteiger partial charge on any atom is -0.496 e. The largest absolute Gasteiger partial charge is 0.496 e. The van der Waals surface area contributed by atoms with E-state index in [0.717, 1.165) is 28.0 Å². The summed E-state index contributed by atoms with van der Waals surface area (Å²) in [5.41, 5.74) is 5.72. The summed E-state index contributed by atoms with van der Waals surface area (Å²) in [7, 11) is 1.71. The average Bonchev–Trinajstić information content (AvgIpc) is 2.69. The van der Waals surface area contributed by atoms with Gasteiger partial charge in [0.1, 0.15) is 5.75 Å². The molecular formula is C22H23NO2. The molecule has 0 spiro atoms. The monoisotopic (exact) mass is 333 g/mol. The quantitative estimate of drug-likeness (QED) is 0.639. The van der Waals surface area contributed by atoms with Gasteiger partial charge in [0.25, 0.3) is 0 Å². The average molecular weight is 333 g/mol. The Morgan fingerprint density at radius 2 is 1.40 bits per heavy atom. The number of hydrogen-bond donors (Lipinski definition) is 2. The number of aliphatic hydroxyl groups is 1. The van der Waals surface area contributed by atoms with E-state index in [1.165, 1.54) is 5.56 Å². The highest BCUT2D eigenvalue weighted by Gasteiger charge is 2.17. The lowest BCUT2D eigenvalue weighted by Crippen LogP contribution is -2.18. The van der Waals surface area contributed by atoms with E-state index >= 15 is 0 Å². The topological polar surface area (TPSA) is 41.5 Å². The molecule has 0 saturated carbocycles. The predicted octanol–water partition coefficient (Wildman–Crippen LogP) is 4.11. The van der Waals surface area contributed by atoms with Crippen LogP contribution >= 0.6 is 0 Å². The van der Waals surface area contributed by atoms with Crippen LogP contribution in [0.2, 0.25) is 0 Å². The van der Waals surface area contributed by atoms with Crippen molar-refractivity contribution in [3.8, 4) is 28.0 Å². The normalized spacial score (nSPS) is 10.6. The molecule has 0 aliphatic heterocycles. The third-order valence-corrected chi connectivity index (χ3v) is 4.20. The Hall–Kier alpha value is -2.62. The Kier molecular flexibility index (Phi) is 5.83. The molecule has 0 heterocycles. The van der Waals surface area contributed by atoms with Crippen LogP contribution in [0.25, 0.3) is 22.3 Å². The Labute approximate surface area is 148 Å². The van der Waals surface area contributed by atoms with Gasteiger partial charge in [0, 0.05) is 18.7 Å². The van der Waals surface area contributed by atoms with Gasteiger partial charge in [-0.25, -0.2) is 0 Å². The minimum atomic E-state index is 0.127. The van der Waals surface area contributed by atoms with Crippen LogP contribution < -0.4 is 10.1 Å². The molecule has 0 amide bonds. The first-order valence-electron chi connectivity index (χ1n) is 8.47. The fourth-order valence-corrected chi connectivity index (χ4v) is 3.07. The molecule has 3 nitrogen and oxygen atoms in total. The van der Waals surface area contributed by atoms with Crippen molar-refractivity contribution >= 4 is 0 Å². The van der Waals surface area contributed by atoms with Crippen LogP contribution in [-0.2, 0) is 6.54 Å². The third kappa shape index (κ3) is 3.90. The number of aliphatic hydroxyl groups excluding tert-OH is 1. The Morgan fingerprint density at radius 3 is 1.96 bits per heavy atom. The van der Waals surface area contributed by atoms with E-state index in [9.17, 15) is 0 Å². The maximum absolute atomic E-state index is 9.06. The van der Waals surface area contributed by atoms with Crippen LogP contribution in [0.5, 0.6) is 5.75 Å². The van der Waals surface area contributed by atoms with Crippen molar-refractivity contribution in [3.05, 3.63) is 78.4 Å². The molecule has 128 valence electrons. The second-order valence-corrected chi connectivity index (χ2v) is 5.81. The zero-order valence-electron chi connectivity index (χ0n) is 14.4. The van der Waals surface area contributed by atoms with Crippen molar-refractivity contribution in [3.63, 3.8) is 0 Å². The van der Waals surface area contributed by atoms with Crippen molar-refractivity contribution in [2.24, 2.45) is 0 Å². The number of nitrogens with one attached hydrogen (secondary N) is 1. The molecular weight excluding hydrogens is 310 g/mol. The third-order valence-electron chi connectivity index (χ3n) is 4.20. The van der Waals surface area contributed by atoms with Crippen molar-refractivity contribution in [1.82, 2.24) is 5.32 Å². The SMILES string of the molecule is COc1ccc(CNCCO)c(-c2ccccc2)c1-c1ccccc1. The van der Waals surface area contributed by atoms with Gasteiger partial charge in [-0.15, -0.1) is 0 Å². The van der Waals surface area contributed by atoms with Gasteiger partial charge in [-0.2, -0.15) is 0 Å². The number of benzene rings is 3. The summed E-state index contributed by atoms with van der Waals surface area (Å²) < 4.78 is 5.68. The van der Waals surface area contributed by atoms with Gasteiger partial charge >= 0.3 is 0 Å². The fraction of sp³-hybridized carbons (Fsp3) is 0.182. The van der Waals surface area contributed by atoms with Crippen molar-refractivity contribution in [2.45, 2.75) is 6.54 Å².